The topological polar surface area (TPSA) is 46.3 Å². The zero-order chi connectivity index (χ0) is 6.57. The Balaban J connectivity index is 3.05. The quantitative estimate of drug-likeness (QED) is 0.748. The predicted molar refractivity (Wildman–Crippen MR) is 38.4 cm³/mol. The maximum atomic E-state index is 10.1. The Hall–Kier alpha value is 0.390. The van der Waals surface area contributed by atoms with Gasteiger partial charge in [-0.1, -0.05) is 0 Å². The van der Waals surface area contributed by atoms with Gasteiger partial charge >= 0.3 is 0 Å². The average molecular weight is 246 g/mol. The molecule has 0 aromatic carbocycles. The lowest BCUT2D eigenvalue weighted by Crippen LogP contribution is -2.15. The molecule has 0 heterocycles. The van der Waals surface area contributed by atoms with E-state index in [9.17, 15) is 4.79 Å². The summed E-state index contributed by atoms with van der Waals surface area (Å²) in [4.78, 5) is 10.1. The molecule has 0 bridgehead atoms. The summed E-state index contributed by atoms with van der Waals surface area (Å²) in [6, 6.07) is 0. The molecule has 0 radical (unpaired) electrons. The normalized spacial score (nSPS) is 9.88. The van der Waals surface area contributed by atoms with Gasteiger partial charge in [-0.25, -0.2) is 0 Å². The summed E-state index contributed by atoms with van der Waals surface area (Å²) >= 11 is 6.09. The number of nitrogens with two attached hydrogens (primary N) is 1. The van der Waals surface area contributed by atoms with Gasteiger partial charge in [0.15, 0.2) is 0 Å². The van der Waals surface area contributed by atoms with E-state index in [-0.39, 0.29) is 5.91 Å². The summed E-state index contributed by atoms with van der Waals surface area (Å²) in [6.07, 6.45) is 0.358. The average Bonchev–Trinajstić information content (AvgIpc) is 1.61. The number of primary amides is 1. The molecule has 0 fully saturated rings. The third kappa shape index (κ3) is 6.39. The smallest absolute Gasteiger partial charge is 0.218 e. The molecule has 8 heavy (non-hydrogen) atoms. The van der Waals surface area contributed by atoms with E-state index < -0.39 is 0 Å². The van der Waals surface area contributed by atoms with Crippen molar-refractivity contribution in [3.63, 3.8) is 0 Å². The van der Waals surface area contributed by atoms with Crippen molar-refractivity contribution >= 4 is 38.2 Å². The van der Waals surface area contributed by atoms with E-state index in [1.807, 2.05) is 0 Å². The molecule has 0 saturated carbocycles. The van der Waals surface area contributed by atoms with Crippen LogP contribution in [0.25, 0.3) is 0 Å². The van der Waals surface area contributed by atoms with Crippen LogP contribution < -0.4 is 5.73 Å². The minimum absolute atomic E-state index is 0.297. The molecule has 0 aliphatic heterocycles. The van der Waals surface area contributed by atoms with Crippen LogP contribution in [-0.2, 0) is 4.79 Å². The molecule has 0 saturated heterocycles. The second kappa shape index (κ2) is 4.29. The van der Waals surface area contributed by atoms with Crippen LogP contribution in [0.2, 0.25) is 0 Å². The molecule has 0 aliphatic rings. The first kappa shape index (κ1) is 8.39. The van der Waals surface area contributed by atoms with Crippen LogP contribution in [-0.4, -0.2) is 15.4 Å². The Kier molecular flexibility index (Phi) is 4.50. The minimum Gasteiger partial charge on any atom is -0.370 e. The lowest BCUT2D eigenvalue weighted by Gasteiger charge is -1.99. The highest BCUT2D eigenvalue weighted by molar-refractivity contribution is 9.21. The van der Waals surface area contributed by atoms with Gasteiger partial charge in [-0.2, -0.15) is 2.95 Å². The van der Waals surface area contributed by atoms with Gasteiger partial charge in [-0.05, 0) is 0 Å². The molecule has 5 heteroatoms. The fraction of sp³-hybridized carbons (Fsp3) is 0.667. The molecule has 2 N–H and O–H groups in total. The highest BCUT2D eigenvalue weighted by Crippen LogP contribution is 2.04. The molecule has 3 nitrogen and oxygen atoms in total. The van der Waals surface area contributed by atoms with Crippen molar-refractivity contribution in [3.8, 4) is 0 Å². The number of carbonyl (C=O) groups excluding carboxylic acids is 1. The molecule has 0 atom stereocenters. The van der Waals surface area contributed by atoms with Crippen molar-refractivity contribution in [2.75, 3.05) is 6.54 Å². The van der Waals surface area contributed by atoms with Gasteiger partial charge in [0.2, 0.25) is 5.91 Å². The van der Waals surface area contributed by atoms with Gasteiger partial charge in [-0.15, -0.1) is 0 Å². The Bertz CT molecular complexity index is 85.4. The monoisotopic (exact) mass is 244 g/mol. The van der Waals surface area contributed by atoms with Gasteiger partial charge in [0.05, 0.1) is 0 Å². The third-order valence-corrected chi connectivity index (χ3v) is 1.24. The molecule has 0 spiro atoms. The first-order chi connectivity index (χ1) is 3.63. The van der Waals surface area contributed by atoms with Gasteiger partial charge < -0.3 is 5.73 Å². The van der Waals surface area contributed by atoms with E-state index in [0.29, 0.717) is 13.0 Å². The molecule has 0 aliphatic carbocycles. The first-order valence-corrected chi connectivity index (χ1v) is 3.42. The molecule has 0 unspecified atom stereocenters. The Morgan fingerprint density at radius 1 is 1.62 bits per heavy atom. The maximum Gasteiger partial charge on any atom is 0.218 e. The van der Waals surface area contributed by atoms with Crippen LogP contribution in [0.3, 0.4) is 0 Å². The molecule has 48 valence electrons. The summed E-state index contributed by atoms with van der Waals surface area (Å²) in [7, 11) is 0. The van der Waals surface area contributed by atoms with Gasteiger partial charge in [0.1, 0.15) is 0 Å². The lowest BCUT2D eigenvalue weighted by atomic mass is 10.4. The minimum atomic E-state index is -0.297. The van der Waals surface area contributed by atoms with Crippen molar-refractivity contribution in [2.45, 2.75) is 6.42 Å². The van der Waals surface area contributed by atoms with Gasteiger partial charge in [0.25, 0.3) is 0 Å². The zero-order valence-electron chi connectivity index (χ0n) is 4.10. The van der Waals surface area contributed by atoms with Crippen LogP contribution in [0.15, 0.2) is 0 Å². The summed E-state index contributed by atoms with van der Waals surface area (Å²) in [5.74, 6) is -0.297. The van der Waals surface area contributed by atoms with Crippen LogP contribution in [0.5, 0.6) is 0 Å². The van der Waals surface area contributed by atoms with Gasteiger partial charge in [0, 0.05) is 45.3 Å². The van der Waals surface area contributed by atoms with Crippen molar-refractivity contribution < 1.29 is 4.79 Å². The van der Waals surface area contributed by atoms with Crippen LogP contribution >= 0.6 is 32.3 Å². The third-order valence-electron chi connectivity index (χ3n) is 0.527. The van der Waals surface area contributed by atoms with E-state index in [4.69, 9.17) is 5.73 Å². The molecule has 0 aromatic rings. The molecular weight excluding hydrogens is 240 g/mol. The number of hydrogen-bond donors (Lipinski definition) is 1. The number of nitrogens with zero attached hydrogens (tertiary/aromatic N) is 1. The Morgan fingerprint density at radius 2 is 2.12 bits per heavy atom. The Labute approximate surface area is 64.9 Å². The fourth-order valence-electron chi connectivity index (χ4n) is 0.195. The number of hydrogen-bond acceptors (Lipinski definition) is 2. The molecule has 0 rings (SSSR count). The highest BCUT2D eigenvalue weighted by atomic mass is 79.9. The van der Waals surface area contributed by atoms with E-state index in [1.165, 1.54) is 0 Å². The molecule has 1 amide bonds. The van der Waals surface area contributed by atoms with Gasteiger partial charge in [-0.3, -0.25) is 4.79 Å². The van der Waals surface area contributed by atoms with Crippen LogP contribution in [0.1, 0.15) is 6.42 Å². The number of rotatable bonds is 3. The predicted octanol–water partition coefficient (Wildman–Crippen LogP) is 0.784. The SMILES string of the molecule is NC(=O)CCN(Br)Br. The number of halogens is 2. The zero-order valence-corrected chi connectivity index (χ0v) is 7.27. The van der Waals surface area contributed by atoms with Crippen LogP contribution in [0.4, 0.5) is 0 Å². The summed E-state index contributed by atoms with van der Waals surface area (Å²) in [5.41, 5.74) is 4.83. The van der Waals surface area contributed by atoms with Crippen LogP contribution in [0, 0.1) is 0 Å². The van der Waals surface area contributed by atoms with E-state index in [1.54, 1.807) is 2.95 Å². The summed E-state index contributed by atoms with van der Waals surface area (Å²) in [6.45, 7) is 0.579. The number of amides is 1. The van der Waals surface area contributed by atoms with E-state index in [2.05, 4.69) is 32.3 Å². The second-order valence-corrected chi connectivity index (χ2v) is 3.91. The molecule has 0 aromatic heterocycles. The highest BCUT2D eigenvalue weighted by Gasteiger charge is 1.96. The second-order valence-electron chi connectivity index (χ2n) is 1.24. The Morgan fingerprint density at radius 3 is 2.25 bits per heavy atom. The van der Waals surface area contributed by atoms with Crippen molar-refractivity contribution in [3.05, 3.63) is 0 Å². The van der Waals surface area contributed by atoms with Crippen molar-refractivity contribution in [1.29, 1.82) is 0 Å². The largest absolute Gasteiger partial charge is 0.370 e. The summed E-state index contributed by atoms with van der Waals surface area (Å²) in [5, 5.41) is 0. The summed E-state index contributed by atoms with van der Waals surface area (Å²) < 4.78 is 1.55. The first-order valence-electron chi connectivity index (χ1n) is 2.00. The number of carbonyl (C=O) groups is 1. The standard InChI is InChI=1S/C3H6Br2N2O/c4-7(5)2-1-3(6)8/h1-2H2,(H2,6,8). The maximum absolute atomic E-state index is 10.1. The molecular formula is C3H6Br2N2O. The lowest BCUT2D eigenvalue weighted by molar-refractivity contribution is -0.117. The van der Waals surface area contributed by atoms with E-state index >= 15 is 0 Å². The van der Waals surface area contributed by atoms with E-state index in [0.717, 1.165) is 0 Å². The van der Waals surface area contributed by atoms with Crippen molar-refractivity contribution in [1.82, 2.24) is 2.95 Å². The fourth-order valence-corrected chi connectivity index (χ4v) is 0.549. The van der Waals surface area contributed by atoms with Crippen molar-refractivity contribution in [2.24, 2.45) is 5.73 Å².